The highest BCUT2D eigenvalue weighted by Crippen LogP contribution is 2.34. The van der Waals surface area contributed by atoms with E-state index in [-0.39, 0.29) is 5.70 Å². The van der Waals surface area contributed by atoms with Crippen LogP contribution in [0.4, 0.5) is 23.7 Å². The van der Waals surface area contributed by atoms with Gasteiger partial charge in [0.15, 0.2) is 0 Å². The molecule has 0 heterocycles. The summed E-state index contributed by atoms with van der Waals surface area (Å²) in [6.07, 6.45) is -4.27. The van der Waals surface area contributed by atoms with Gasteiger partial charge >= 0.3 is 18.4 Å². The summed E-state index contributed by atoms with van der Waals surface area (Å²) in [7, 11) is 1.21. The molecule has 0 fully saturated rings. The SMILES string of the molecule is C=CN(C(=C)[C@@](C)(NC(=O)OC(C)(C)C)C(C)C(=O)OC)c1ccc(OC(F)(F)F)cc1. The number of anilines is 1. The van der Waals surface area contributed by atoms with Crippen molar-refractivity contribution in [1.29, 1.82) is 0 Å². The fourth-order valence-electron chi connectivity index (χ4n) is 2.79. The third-order valence-corrected chi connectivity index (χ3v) is 4.60. The Morgan fingerprint density at radius 1 is 1.12 bits per heavy atom. The van der Waals surface area contributed by atoms with Crippen LogP contribution in [-0.4, -0.2) is 36.7 Å². The lowest BCUT2D eigenvalue weighted by Gasteiger charge is -2.41. The van der Waals surface area contributed by atoms with Crippen LogP contribution in [0.3, 0.4) is 0 Å². The van der Waals surface area contributed by atoms with Crippen molar-refractivity contribution in [2.45, 2.75) is 52.1 Å². The molecule has 1 amide bonds. The van der Waals surface area contributed by atoms with Crippen molar-refractivity contribution in [3.63, 3.8) is 0 Å². The number of nitrogens with one attached hydrogen (secondary N) is 1. The molecule has 1 aromatic rings. The molecule has 0 aliphatic rings. The number of methoxy groups -OCH3 is 1. The zero-order valence-electron chi connectivity index (χ0n) is 19.0. The van der Waals surface area contributed by atoms with Crippen molar-refractivity contribution in [2.24, 2.45) is 5.92 Å². The zero-order chi connectivity index (χ0) is 24.9. The number of hydrogen-bond acceptors (Lipinski definition) is 6. The summed E-state index contributed by atoms with van der Waals surface area (Å²) in [6.45, 7) is 15.9. The summed E-state index contributed by atoms with van der Waals surface area (Å²) in [5, 5.41) is 2.67. The van der Waals surface area contributed by atoms with Crippen LogP contribution in [0, 0.1) is 5.92 Å². The van der Waals surface area contributed by atoms with Crippen LogP contribution in [0.15, 0.2) is 49.3 Å². The standard InChI is InChI=1S/C22H29F3N2O5/c1-9-27(16-10-12-17(13-11-16)31-22(23,24)25)15(3)21(7,14(2)18(28)30-8)26-19(29)32-20(4,5)6/h9-14H,1,3H2,2,4-8H3,(H,26,29)/t14?,21-/m0/s1. The van der Waals surface area contributed by atoms with E-state index in [4.69, 9.17) is 9.47 Å². The van der Waals surface area contributed by atoms with Crippen LogP contribution in [0.2, 0.25) is 0 Å². The van der Waals surface area contributed by atoms with Gasteiger partial charge in [-0.3, -0.25) is 4.79 Å². The second-order valence-corrected chi connectivity index (χ2v) is 8.12. The molecule has 0 aliphatic carbocycles. The van der Waals surface area contributed by atoms with E-state index >= 15 is 0 Å². The number of hydrogen-bond donors (Lipinski definition) is 1. The Labute approximate surface area is 185 Å². The van der Waals surface area contributed by atoms with E-state index in [0.29, 0.717) is 5.69 Å². The monoisotopic (exact) mass is 458 g/mol. The molecular weight excluding hydrogens is 429 g/mol. The lowest BCUT2D eigenvalue weighted by molar-refractivity contribution is -0.274. The summed E-state index contributed by atoms with van der Waals surface area (Å²) in [6, 6.07) is 4.94. The van der Waals surface area contributed by atoms with Crippen LogP contribution < -0.4 is 15.0 Å². The molecule has 0 aromatic heterocycles. The van der Waals surface area contributed by atoms with Gasteiger partial charge in [0, 0.05) is 17.6 Å². The van der Waals surface area contributed by atoms with Crippen molar-refractivity contribution in [3.05, 3.63) is 49.3 Å². The molecule has 0 saturated heterocycles. The van der Waals surface area contributed by atoms with Crippen molar-refractivity contribution in [1.82, 2.24) is 5.32 Å². The number of ether oxygens (including phenoxy) is 3. The lowest BCUT2D eigenvalue weighted by atomic mass is 9.83. The largest absolute Gasteiger partial charge is 0.573 e. The Bertz CT molecular complexity index is 847. The number of carbonyl (C=O) groups is 2. The minimum atomic E-state index is -4.82. The number of benzene rings is 1. The molecule has 1 unspecified atom stereocenters. The number of alkyl carbamates (subject to hydrolysis) is 1. The third-order valence-electron chi connectivity index (χ3n) is 4.60. The highest BCUT2D eigenvalue weighted by Gasteiger charge is 2.43. The van der Waals surface area contributed by atoms with Crippen molar-refractivity contribution >= 4 is 17.7 Å². The first-order chi connectivity index (χ1) is 14.5. The van der Waals surface area contributed by atoms with E-state index in [9.17, 15) is 22.8 Å². The number of carbonyl (C=O) groups excluding carboxylic acids is 2. The summed E-state index contributed by atoms with van der Waals surface area (Å²) in [5.41, 5.74) is -1.65. The number of alkyl halides is 3. The molecule has 32 heavy (non-hydrogen) atoms. The minimum Gasteiger partial charge on any atom is -0.469 e. The smallest absolute Gasteiger partial charge is 0.469 e. The fraction of sp³-hybridized carbons (Fsp3) is 0.455. The van der Waals surface area contributed by atoms with Crippen molar-refractivity contribution in [3.8, 4) is 5.75 Å². The maximum absolute atomic E-state index is 12.5. The Hall–Kier alpha value is -3.17. The molecule has 1 aromatic carbocycles. The number of nitrogens with zero attached hydrogens (tertiary/aromatic N) is 1. The lowest BCUT2D eigenvalue weighted by Crippen LogP contribution is -2.57. The van der Waals surface area contributed by atoms with Gasteiger partial charge in [0.1, 0.15) is 11.4 Å². The molecule has 1 N–H and O–H groups in total. The first kappa shape index (κ1) is 26.9. The van der Waals surface area contributed by atoms with Crippen molar-refractivity contribution in [2.75, 3.05) is 12.0 Å². The van der Waals surface area contributed by atoms with E-state index in [0.717, 1.165) is 12.1 Å². The zero-order valence-corrected chi connectivity index (χ0v) is 19.0. The van der Waals surface area contributed by atoms with Gasteiger partial charge in [0.05, 0.1) is 18.6 Å². The molecule has 0 saturated carbocycles. The maximum atomic E-state index is 12.5. The maximum Gasteiger partial charge on any atom is 0.573 e. The first-order valence-electron chi connectivity index (χ1n) is 9.60. The van der Waals surface area contributed by atoms with Crippen LogP contribution in [0.5, 0.6) is 5.75 Å². The Morgan fingerprint density at radius 2 is 1.66 bits per heavy atom. The molecule has 10 heteroatoms. The normalized spacial score (nSPS) is 14.4. The highest BCUT2D eigenvalue weighted by molar-refractivity contribution is 5.78. The summed E-state index contributed by atoms with van der Waals surface area (Å²) in [5.74, 6) is -1.95. The van der Waals surface area contributed by atoms with E-state index < -0.39 is 41.2 Å². The average Bonchev–Trinajstić information content (AvgIpc) is 2.65. The second kappa shape index (κ2) is 9.97. The van der Waals surface area contributed by atoms with Crippen LogP contribution in [0.1, 0.15) is 34.6 Å². The van der Waals surface area contributed by atoms with E-state index in [2.05, 4.69) is 23.2 Å². The first-order valence-corrected chi connectivity index (χ1v) is 9.60. The van der Waals surface area contributed by atoms with E-state index in [1.807, 2.05) is 0 Å². The number of esters is 1. The number of amides is 1. The molecule has 0 radical (unpaired) electrons. The molecule has 178 valence electrons. The molecular formula is C22H29F3N2O5. The minimum absolute atomic E-state index is 0.195. The van der Waals surface area contributed by atoms with Gasteiger partial charge in [0.2, 0.25) is 0 Å². The quantitative estimate of drug-likeness (QED) is 0.544. The Balaban J connectivity index is 3.32. The van der Waals surface area contributed by atoms with Gasteiger partial charge in [0.25, 0.3) is 0 Å². The summed E-state index contributed by atoms with van der Waals surface area (Å²) >= 11 is 0. The molecule has 1 rings (SSSR count). The van der Waals surface area contributed by atoms with Gasteiger partial charge in [-0.2, -0.15) is 0 Å². The molecule has 0 spiro atoms. The summed E-state index contributed by atoms with van der Waals surface area (Å²) in [4.78, 5) is 26.3. The van der Waals surface area contributed by atoms with Crippen LogP contribution in [0.25, 0.3) is 0 Å². The van der Waals surface area contributed by atoms with Gasteiger partial charge in [-0.1, -0.05) is 13.2 Å². The van der Waals surface area contributed by atoms with Crippen molar-refractivity contribution < 1.29 is 37.0 Å². The highest BCUT2D eigenvalue weighted by atomic mass is 19.4. The number of halogens is 3. The molecule has 0 aliphatic heterocycles. The van der Waals surface area contributed by atoms with Gasteiger partial charge in [-0.05, 0) is 58.9 Å². The summed E-state index contributed by atoms with van der Waals surface area (Å²) < 4.78 is 51.3. The molecule has 2 atom stereocenters. The predicted octanol–water partition coefficient (Wildman–Crippen LogP) is 5.14. The molecule has 7 nitrogen and oxygen atoms in total. The topological polar surface area (TPSA) is 77.1 Å². The predicted molar refractivity (Wildman–Crippen MR) is 114 cm³/mol. The fourth-order valence-corrected chi connectivity index (χ4v) is 2.79. The van der Waals surface area contributed by atoms with Gasteiger partial charge < -0.3 is 24.4 Å². The van der Waals surface area contributed by atoms with Gasteiger partial charge in [-0.15, -0.1) is 13.2 Å². The Morgan fingerprint density at radius 3 is 2.06 bits per heavy atom. The van der Waals surface area contributed by atoms with Gasteiger partial charge in [-0.25, -0.2) is 4.79 Å². The van der Waals surface area contributed by atoms with E-state index in [1.54, 1.807) is 27.7 Å². The average molecular weight is 458 g/mol. The van der Waals surface area contributed by atoms with Crippen LogP contribution >= 0.6 is 0 Å². The third kappa shape index (κ3) is 7.21. The van der Waals surface area contributed by atoms with E-state index in [1.165, 1.54) is 37.3 Å². The second-order valence-electron chi connectivity index (χ2n) is 8.12. The Kier molecular flexibility index (Phi) is 8.37. The molecule has 0 bridgehead atoms. The number of rotatable bonds is 8. The van der Waals surface area contributed by atoms with Crippen LogP contribution in [-0.2, 0) is 14.3 Å².